The van der Waals surface area contributed by atoms with Crippen LogP contribution in [-0.2, 0) is 19.6 Å². The molecule has 4 rings (SSSR count). The fraction of sp³-hybridized carbons (Fsp3) is 0.261. The molecule has 3 aromatic rings. The Balaban J connectivity index is 1.46. The van der Waals surface area contributed by atoms with Crippen molar-refractivity contribution < 1.29 is 22.7 Å². The van der Waals surface area contributed by atoms with E-state index in [1.54, 1.807) is 12.1 Å². The van der Waals surface area contributed by atoms with E-state index in [9.17, 15) is 13.2 Å². The molecule has 1 N–H and O–H groups in total. The summed E-state index contributed by atoms with van der Waals surface area (Å²) in [5.41, 5.74) is 0.404. The second kappa shape index (κ2) is 9.91. The minimum absolute atomic E-state index is 0.0295. The van der Waals surface area contributed by atoms with Crippen LogP contribution in [0.5, 0.6) is 5.75 Å². The number of hydrogen-bond acceptors (Lipinski definition) is 6. The maximum absolute atomic E-state index is 13.1. The van der Waals surface area contributed by atoms with Crippen molar-refractivity contribution in [2.24, 2.45) is 0 Å². The summed E-state index contributed by atoms with van der Waals surface area (Å²) >= 11 is 1.43. The Morgan fingerprint density at radius 3 is 2.56 bits per heavy atom. The fourth-order valence-electron chi connectivity index (χ4n) is 3.49. The molecule has 1 amide bonds. The van der Waals surface area contributed by atoms with Crippen molar-refractivity contribution in [3.8, 4) is 5.75 Å². The van der Waals surface area contributed by atoms with E-state index in [-0.39, 0.29) is 35.4 Å². The van der Waals surface area contributed by atoms with E-state index >= 15 is 0 Å². The maximum Gasteiger partial charge on any atom is 0.246 e. The van der Waals surface area contributed by atoms with Crippen LogP contribution in [0.3, 0.4) is 0 Å². The van der Waals surface area contributed by atoms with Gasteiger partial charge in [-0.3, -0.25) is 4.79 Å². The predicted octanol–water partition coefficient (Wildman–Crippen LogP) is 3.60. The van der Waals surface area contributed by atoms with Gasteiger partial charge in [-0.05, 0) is 41.1 Å². The van der Waals surface area contributed by atoms with Crippen LogP contribution in [0.2, 0.25) is 0 Å². The lowest BCUT2D eigenvalue weighted by atomic mass is 10.1. The molecule has 0 radical (unpaired) electrons. The molecule has 1 aliphatic heterocycles. The quantitative estimate of drug-likeness (QED) is 0.529. The minimum Gasteiger partial charge on any atom is -0.495 e. The van der Waals surface area contributed by atoms with Gasteiger partial charge in [-0.2, -0.15) is 4.31 Å². The largest absolute Gasteiger partial charge is 0.495 e. The number of thioether (sulfide) groups is 1. The molecule has 1 fully saturated rings. The van der Waals surface area contributed by atoms with Gasteiger partial charge in [0.2, 0.25) is 15.9 Å². The number of methoxy groups -OCH3 is 1. The Bertz CT molecular complexity index is 1220. The van der Waals surface area contributed by atoms with Gasteiger partial charge in [0, 0.05) is 23.7 Å². The SMILES string of the molecule is COc1ccc(NC(=O)CSc2ccc3ccccc3c2)cc1S(=O)(=O)N1CCOCC1. The van der Waals surface area contributed by atoms with Crippen LogP contribution < -0.4 is 10.1 Å². The van der Waals surface area contributed by atoms with E-state index in [1.807, 2.05) is 42.5 Å². The van der Waals surface area contributed by atoms with Crippen LogP contribution in [0.4, 0.5) is 5.69 Å². The molecular formula is C23H24N2O5S2. The van der Waals surface area contributed by atoms with E-state index in [0.29, 0.717) is 18.9 Å². The Hall–Kier alpha value is -2.59. The van der Waals surface area contributed by atoms with Gasteiger partial charge >= 0.3 is 0 Å². The molecule has 32 heavy (non-hydrogen) atoms. The predicted molar refractivity (Wildman–Crippen MR) is 126 cm³/mol. The molecule has 9 heteroatoms. The Kier molecular flexibility index (Phi) is 7.00. The first-order chi connectivity index (χ1) is 15.5. The molecule has 0 bridgehead atoms. The van der Waals surface area contributed by atoms with Crippen LogP contribution in [0, 0.1) is 0 Å². The molecule has 0 saturated carbocycles. The molecule has 0 unspecified atom stereocenters. The number of benzene rings is 3. The van der Waals surface area contributed by atoms with Crippen LogP contribution in [0.1, 0.15) is 0 Å². The van der Waals surface area contributed by atoms with Gasteiger partial charge in [-0.1, -0.05) is 30.3 Å². The molecular weight excluding hydrogens is 448 g/mol. The Morgan fingerprint density at radius 2 is 1.81 bits per heavy atom. The molecule has 0 aromatic heterocycles. The van der Waals surface area contributed by atoms with Gasteiger partial charge in [0.25, 0.3) is 0 Å². The third kappa shape index (κ3) is 5.07. The Labute approximate surface area is 191 Å². The lowest BCUT2D eigenvalue weighted by molar-refractivity contribution is -0.113. The summed E-state index contributed by atoms with van der Waals surface area (Å²) in [6.45, 7) is 1.27. The number of nitrogens with one attached hydrogen (secondary N) is 1. The average molecular weight is 473 g/mol. The second-order valence-electron chi connectivity index (χ2n) is 7.23. The molecule has 1 aliphatic rings. The number of morpholine rings is 1. The third-order valence-corrected chi connectivity index (χ3v) is 8.04. The zero-order valence-corrected chi connectivity index (χ0v) is 19.2. The number of carbonyl (C=O) groups is 1. The molecule has 7 nitrogen and oxygen atoms in total. The number of nitrogens with zero attached hydrogens (tertiary/aromatic N) is 1. The van der Waals surface area contributed by atoms with Gasteiger partial charge in [-0.15, -0.1) is 11.8 Å². The normalized spacial score (nSPS) is 14.9. The number of carbonyl (C=O) groups excluding carboxylic acids is 1. The van der Waals surface area contributed by atoms with Crippen molar-refractivity contribution in [2.75, 3.05) is 44.5 Å². The molecule has 3 aromatic carbocycles. The first-order valence-electron chi connectivity index (χ1n) is 10.1. The summed E-state index contributed by atoms with van der Waals surface area (Å²) in [5, 5.41) is 5.06. The van der Waals surface area contributed by atoms with Gasteiger partial charge in [-0.25, -0.2) is 8.42 Å². The molecule has 1 heterocycles. The maximum atomic E-state index is 13.1. The van der Waals surface area contributed by atoms with Crippen molar-refractivity contribution >= 4 is 44.2 Å². The highest BCUT2D eigenvalue weighted by atomic mass is 32.2. The highest BCUT2D eigenvalue weighted by Crippen LogP contribution is 2.30. The zero-order valence-electron chi connectivity index (χ0n) is 17.6. The van der Waals surface area contributed by atoms with Gasteiger partial charge in [0.05, 0.1) is 26.1 Å². The van der Waals surface area contributed by atoms with Gasteiger partial charge in [0.15, 0.2) is 0 Å². The molecule has 0 aliphatic carbocycles. The van der Waals surface area contributed by atoms with Gasteiger partial charge < -0.3 is 14.8 Å². The van der Waals surface area contributed by atoms with Crippen molar-refractivity contribution in [2.45, 2.75) is 9.79 Å². The van der Waals surface area contributed by atoms with E-state index in [4.69, 9.17) is 9.47 Å². The van der Waals surface area contributed by atoms with E-state index in [0.717, 1.165) is 15.7 Å². The minimum atomic E-state index is -3.77. The molecule has 0 spiro atoms. The summed E-state index contributed by atoms with van der Waals surface area (Å²) in [6, 6.07) is 18.8. The van der Waals surface area contributed by atoms with Gasteiger partial charge in [0.1, 0.15) is 10.6 Å². The standard InChI is InChI=1S/C23H24N2O5S2/c1-29-21-9-7-19(15-22(21)32(27,28)25-10-12-30-13-11-25)24-23(26)16-31-20-8-6-17-4-2-3-5-18(17)14-20/h2-9,14-15H,10-13,16H2,1H3,(H,24,26). The second-order valence-corrected chi connectivity index (χ2v) is 10.2. The van der Waals surface area contributed by atoms with Crippen molar-refractivity contribution in [1.82, 2.24) is 4.31 Å². The topological polar surface area (TPSA) is 84.9 Å². The fourth-order valence-corrected chi connectivity index (χ4v) is 5.82. The molecule has 0 atom stereocenters. The third-order valence-electron chi connectivity index (χ3n) is 5.13. The summed E-state index contributed by atoms with van der Waals surface area (Å²) in [5.74, 6) is 0.221. The monoisotopic (exact) mass is 472 g/mol. The van der Waals surface area contributed by atoms with Crippen LogP contribution in [-0.4, -0.2) is 57.8 Å². The molecule has 168 valence electrons. The van der Waals surface area contributed by atoms with Crippen LogP contribution in [0.25, 0.3) is 10.8 Å². The number of amides is 1. The smallest absolute Gasteiger partial charge is 0.246 e. The summed E-state index contributed by atoms with van der Waals surface area (Å²) in [4.78, 5) is 13.5. The van der Waals surface area contributed by atoms with Crippen molar-refractivity contribution in [3.05, 3.63) is 60.7 Å². The van der Waals surface area contributed by atoms with Crippen LogP contribution in [0.15, 0.2) is 70.5 Å². The first-order valence-corrected chi connectivity index (χ1v) is 12.6. The van der Waals surface area contributed by atoms with E-state index < -0.39 is 10.0 Å². The summed E-state index contributed by atoms with van der Waals surface area (Å²) in [7, 11) is -2.34. The van der Waals surface area contributed by atoms with E-state index in [1.165, 1.54) is 29.2 Å². The number of fused-ring (bicyclic) bond motifs is 1. The molecule has 1 saturated heterocycles. The summed E-state index contributed by atoms with van der Waals surface area (Å²) < 4.78 is 38.1. The first kappa shape index (κ1) is 22.6. The lowest BCUT2D eigenvalue weighted by Crippen LogP contribution is -2.40. The number of anilines is 1. The number of sulfonamides is 1. The summed E-state index contributed by atoms with van der Waals surface area (Å²) in [6.07, 6.45) is 0. The lowest BCUT2D eigenvalue weighted by Gasteiger charge is -2.26. The number of ether oxygens (including phenoxy) is 2. The highest BCUT2D eigenvalue weighted by molar-refractivity contribution is 8.00. The zero-order chi connectivity index (χ0) is 22.6. The number of hydrogen-bond donors (Lipinski definition) is 1. The van der Waals surface area contributed by atoms with E-state index in [2.05, 4.69) is 5.32 Å². The Morgan fingerprint density at radius 1 is 1.06 bits per heavy atom. The average Bonchev–Trinajstić information content (AvgIpc) is 2.83. The highest BCUT2D eigenvalue weighted by Gasteiger charge is 2.29. The number of rotatable bonds is 7. The van der Waals surface area contributed by atoms with Crippen LogP contribution >= 0.6 is 11.8 Å². The van der Waals surface area contributed by atoms with Crippen molar-refractivity contribution in [1.29, 1.82) is 0 Å². The van der Waals surface area contributed by atoms with Crippen molar-refractivity contribution in [3.63, 3.8) is 0 Å².